The van der Waals surface area contributed by atoms with Crippen molar-refractivity contribution in [2.24, 2.45) is 0 Å². The minimum absolute atomic E-state index is 0.137. The fraction of sp³-hybridized carbons (Fsp3) is 0.429. The normalized spacial score (nSPS) is 24.0. The van der Waals surface area contributed by atoms with Crippen LogP contribution in [0.3, 0.4) is 0 Å². The molecule has 1 saturated heterocycles. The summed E-state index contributed by atoms with van der Waals surface area (Å²) < 4.78 is 25.7. The van der Waals surface area contributed by atoms with E-state index in [0.29, 0.717) is 0 Å². The van der Waals surface area contributed by atoms with E-state index in [4.69, 9.17) is 9.16 Å². The van der Waals surface area contributed by atoms with Crippen molar-refractivity contribution in [3.8, 4) is 0 Å². The van der Waals surface area contributed by atoms with E-state index in [1.807, 2.05) is 36.4 Å². The second-order valence-corrected chi connectivity index (χ2v) is 12.2. The Hall–Kier alpha value is -1.53. The van der Waals surface area contributed by atoms with Crippen molar-refractivity contribution in [3.63, 3.8) is 0 Å². The molecule has 1 aliphatic rings. The smallest absolute Gasteiger partial charge is 0.261 e. The Kier molecular flexibility index (Phi) is 5.63. The molecule has 2 aromatic rings. The van der Waals surface area contributed by atoms with Gasteiger partial charge in [-0.3, -0.25) is 0 Å². The lowest BCUT2D eigenvalue weighted by Crippen LogP contribution is -2.67. The molecule has 1 N–H and O–H groups in total. The summed E-state index contributed by atoms with van der Waals surface area (Å²) in [6.45, 7) is 6.86. The Morgan fingerprint density at radius 3 is 1.92 bits per heavy atom. The maximum atomic E-state index is 13.6. The number of halogens is 1. The zero-order valence-corrected chi connectivity index (χ0v) is 16.6. The van der Waals surface area contributed by atoms with E-state index >= 15 is 0 Å². The van der Waals surface area contributed by atoms with Crippen LogP contribution in [0.1, 0.15) is 27.2 Å². The quantitative estimate of drug-likeness (QED) is 0.818. The number of hydrogen-bond donors (Lipinski definition) is 1. The van der Waals surface area contributed by atoms with Crippen LogP contribution in [0, 0.1) is 0 Å². The molecule has 1 heterocycles. The van der Waals surface area contributed by atoms with Crippen LogP contribution < -0.4 is 10.4 Å². The highest BCUT2D eigenvalue weighted by Gasteiger charge is 2.51. The zero-order valence-electron chi connectivity index (χ0n) is 15.6. The Bertz CT molecular complexity index is 653. The van der Waals surface area contributed by atoms with E-state index < -0.39 is 26.9 Å². The summed E-state index contributed by atoms with van der Waals surface area (Å²) >= 11 is 0. The number of hydrogen-bond acceptors (Lipinski definition) is 3. The number of ether oxygens (including phenoxy) is 1. The number of aliphatic hydroxyl groups is 1. The van der Waals surface area contributed by atoms with Crippen molar-refractivity contribution in [2.75, 3.05) is 6.61 Å². The van der Waals surface area contributed by atoms with Gasteiger partial charge < -0.3 is 14.3 Å². The van der Waals surface area contributed by atoms with Gasteiger partial charge in [-0.2, -0.15) is 0 Å². The molecule has 1 unspecified atom stereocenters. The highest BCUT2D eigenvalue weighted by molar-refractivity contribution is 6.99. The minimum atomic E-state index is -2.64. The molecular weight excluding hydrogens is 347 g/mol. The van der Waals surface area contributed by atoms with Gasteiger partial charge in [-0.05, 0) is 15.4 Å². The second kappa shape index (κ2) is 7.60. The predicted molar refractivity (Wildman–Crippen MR) is 104 cm³/mol. The SMILES string of the molecule is CC(C)(C)[Si](OC[C@H]1CC(F)[C@H](O)O1)(c1ccccc1)c1ccccc1. The molecule has 0 radical (unpaired) electrons. The van der Waals surface area contributed by atoms with Crippen molar-refractivity contribution in [1.29, 1.82) is 0 Å². The first-order chi connectivity index (χ1) is 12.3. The van der Waals surface area contributed by atoms with Crippen LogP contribution in [-0.4, -0.2) is 38.6 Å². The maximum Gasteiger partial charge on any atom is 0.261 e. The second-order valence-electron chi connectivity index (χ2n) is 7.87. The molecule has 3 rings (SSSR count). The van der Waals surface area contributed by atoms with Crippen molar-refractivity contribution in [2.45, 2.75) is 50.8 Å². The summed E-state index contributed by atoms with van der Waals surface area (Å²) in [5, 5.41) is 11.8. The summed E-state index contributed by atoms with van der Waals surface area (Å²) in [5.41, 5.74) is 0. The third kappa shape index (κ3) is 3.62. The van der Waals surface area contributed by atoms with Crippen LogP contribution in [0.4, 0.5) is 4.39 Å². The maximum absolute atomic E-state index is 13.6. The third-order valence-corrected chi connectivity index (χ3v) is 10.0. The van der Waals surface area contributed by atoms with E-state index in [0.717, 1.165) is 0 Å². The van der Waals surface area contributed by atoms with E-state index in [-0.39, 0.29) is 18.1 Å². The summed E-state index contributed by atoms with van der Waals surface area (Å²) in [7, 11) is -2.64. The molecule has 26 heavy (non-hydrogen) atoms. The van der Waals surface area contributed by atoms with Crippen LogP contribution in [0.2, 0.25) is 5.04 Å². The molecule has 0 bridgehead atoms. The summed E-state index contributed by atoms with van der Waals surface area (Å²) in [6.07, 6.45) is -2.95. The lowest BCUT2D eigenvalue weighted by Gasteiger charge is -2.43. The summed E-state index contributed by atoms with van der Waals surface area (Å²) in [5.74, 6) is 0. The van der Waals surface area contributed by atoms with E-state index in [1.165, 1.54) is 10.4 Å². The molecule has 0 amide bonds. The minimum Gasteiger partial charge on any atom is -0.405 e. The Balaban J connectivity index is 2.00. The van der Waals surface area contributed by atoms with E-state index in [2.05, 4.69) is 45.0 Å². The number of rotatable bonds is 5. The Morgan fingerprint density at radius 2 is 1.54 bits per heavy atom. The van der Waals surface area contributed by atoms with Crippen LogP contribution in [0.15, 0.2) is 60.7 Å². The average Bonchev–Trinajstić information content (AvgIpc) is 2.94. The molecule has 2 aromatic carbocycles. The average molecular weight is 375 g/mol. The number of alkyl halides is 1. The molecule has 0 saturated carbocycles. The number of aliphatic hydroxyl groups excluding tert-OH is 1. The van der Waals surface area contributed by atoms with Gasteiger partial charge in [-0.15, -0.1) is 0 Å². The molecule has 1 fully saturated rings. The zero-order chi connectivity index (χ0) is 18.8. The predicted octanol–water partition coefficient (Wildman–Crippen LogP) is 3.01. The van der Waals surface area contributed by atoms with Gasteiger partial charge in [0.1, 0.15) is 0 Å². The van der Waals surface area contributed by atoms with Gasteiger partial charge in [0.2, 0.25) is 0 Å². The first-order valence-electron chi connectivity index (χ1n) is 9.07. The molecule has 1 aliphatic heterocycles. The van der Waals surface area contributed by atoms with E-state index in [9.17, 15) is 9.50 Å². The monoisotopic (exact) mass is 374 g/mol. The summed E-state index contributed by atoms with van der Waals surface area (Å²) in [6, 6.07) is 20.6. The molecule has 3 atom stereocenters. The van der Waals surface area contributed by atoms with Crippen LogP contribution in [0.25, 0.3) is 0 Å². The van der Waals surface area contributed by atoms with Crippen LogP contribution in [0.5, 0.6) is 0 Å². The molecule has 3 nitrogen and oxygen atoms in total. The van der Waals surface area contributed by atoms with Gasteiger partial charge in [-0.1, -0.05) is 81.4 Å². The lowest BCUT2D eigenvalue weighted by molar-refractivity contribution is -0.118. The van der Waals surface area contributed by atoms with Gasteiger partial charge in [0, 0.05) is 6.42 Å². The van der Waals surface area contributed by atoms with Crippen molar-refractivity contribution < 1.29 is 18.7 Å². The lowest BCUT2D eigenvalue weighted by atomic mass is 10.2. The van der Waals surface area contributed by atoms with Crippen molar-refractivity contribution in [3.05, 3.63) is 60.7 Å². The van der Waals surface area contributed by atoms with Gasteiger partial charge in [0.05, 0.1) is 12.7 Å². The first kappa shape index (κ1) is 19.2. The Morgan fingerprint density at radius 1 is 1.04 bits per heavy atom. The first-order valence-corrected chi connectivity index (χ1v) is 11.0. The van der Waals surface area contributed by atoms with Gasteiger partial charge >= 0.3 is 0 Å². The highest BCUT2D eigenvalue weighted by Crippen LogP contribution is 2.37. The van der Waals surface area contributed by atoms with Gasteiger partial charge in [-0.25, -0.2) is 4.39 Å². The largest absolute Gasteiger partial charge is 0.405 e. The third-order valence-electron chi connectivity index (χ3n) is 5.03. The fourth-order valence-corrected chi connectivity index (χ4v) is 8.38. The van der Waals surface area contributed by atoms with Gasteiger partial charge in [0.15, 0.2) is 12.5 Å². The molecule has 0 aromatic heterocycles. The Labute approximate surface area is 155 Å². The summed E-state index contributed by atoms with van der Waals surface area (Å²) in [4.78, 5) is 0. The number of benzene rings is 2. The van der Waals surface area contributed by atoms with Crippen LogP contribution >= 0.6 is 0 Å². The van der Waals surface area contributed by atoms with Crippen molar-refractivity contribution in [1.82, 2.24) is 0 Å². The molecule has 5 heteroatoms. The molecule has 140 valence electrons. The topological polar surface area (TPSA) is 38.7 Å². The fourth-order valence-electron chi connectivity index (χ4n) is 3.79. The molecule has 0 spiro atoms. The van der Waals surface area contributed by atoms with Crippen molar-refractivity contribution >= 4 is 18.7 Å². The highest BCUT2D eigenvalue weighted by atomic mass is 28.4. The molecular formula is C21H27FO3Si. The van der Waals surface area contributed by atoms with E-state index in [1.54, 1.807) is 0 Å². The van der Waals surface area contributed by atoms with Crippen LogP contribution in [-0.2, 0) is 9.16 Å². The van der Waals surface area contributed by atoms with Gasteiger partial charge in [0.25, 0.3) is 8.32 Å². The standard InChI is InChI=1S/C21H27FO3Si/c1-21(2,3)26(17-10-6-4-7-11-17,18-12-8-5-9-13-18)24-15-16-14-19(22)20(23)25-16/h4-13,16,19-20,23H,14-15H2,1-3H3/t16-,19?,20-/m1/s1. The molecule has 0 aliphatic carbocycles.